The van der Waals surface area contributed by atoms with Gasteiger partial charge in [-0.05, 0) is 37.4 Å². The zero-order valence-electron chi connectivity index (χ0n) is 18.6. The van der Waals surface area contributed by atoms with Gasteiger partial charge in [0.25, 0.3) is 0 Å². The van der Waals surface area contributed by atoms with Gasteiger partial charge in [-0.25, -0.2) is 4.98 Å². The number of fused-ring (bicyclic) bond motifs is 1. The van der Waals surface area contributed by atoms with Crippen LogP contribution >= 0.6 is 11.6 Å². The van der Waals surface area contributed by atoms with Crippen molar-refractivity contribution in [2.24, 2.45) is 7.05 Å². The maximum Gasteiger partial charge on any atom is 0.229 e. The summed E-state index contributed by atoms with van der Waals surface area (Å²) in [4.78, 5) is 26.9. The van der Waals surface area contributed by atoms with Crippen LogP contribution in [-0.4, -0.2) is 52.7 Å². The molecule has 0 unspecified atom stereocenters. The molecular formula is C25H25ClN6O. The van der Waals surface area contributed by atoms with Crippen molar-refractivity contribution in [1.82, 2.24) is 19.4 Å². The van der Waals surface area contributed by atoms with Gasteiger partial charge in [0.05, 0.1) is 5.39 Å². The number of benzene rings is 2. The number of rotatable bonds is 4. The van der Waals surface area contributed by atoms with Crippen LogP contribution in [0.3, 0.4) is 0 Å². The van der Waals surface area contributed by atoms with Crippen LogP contribution in [0.4, 0.5) is 17.3 Å². The van der Waals surface area contributed by atoms with Crippen LogP contribution in [0.2, 0.25) is 5.02 Å². The molecule has 168 valence electrons. The van der Waals surface area contributed by atoms with Gasteiger partial charge in [0.15, 0.2) is 5.43 Å². The van der Waals surface area contributed by atoms with E-state index in [1.165, 1.54) is 5.69 Å². The maximum atomic E-state index is 13.1. The van der Waals surface area contributed by atoms with Crippen LogP contribution in [0, 0.1) is 0 Å². The molecule has 0 saturated carbocycles. The minimum Gasteiger partial charge on any atom is -0.369 e. The third-order valence-electron chi connectivity index (χ3n) is 6.07. The van der Waals surface area contributed by atoms with E-state index in [0.717, 1.165) is 31.9 Å². The molecule has 0 bridgehead atoms. The number of nitrogens with zero attached hydrogens (tertiary/aromatic N) is 5. The van der Waals surface area contributed by atoms with E-state index in [1.54, 1.807) is 18.5 Å². The number of anilines is 3. The molecule has 2 aromatic heterocycles. The Morgan fingerprint density at radius 1 is 0.939 bits per heavy atom. The van der Waals surface area contributed by atoms with E-state index < -0.39 is 0 Å². The van der Waals surface area contributed by atoms with Crippen molar-refractivity contribution in [2.75, 3.05) is 43.4 Å². The number of nitrogens with one attached hydrogen (secondary N) is 1. The second-order valence-electron chi connectivity index (χ2n) is 8.36. The molecule has 7 nitrogen and oxygen atoms in total. The summed E-state index contributed by atoms with van der Waals surface area (Å²) in [6.07, 6.45) is 3.35. The van der Waals surface area contributed by atoms with Gasteiger partial charge in [-0.15, -0.1) is 0 Å². The van der Waals surface area contributed by atoms with Crippen molar-refractivity contribution >= 4 is 40.0 Å². The molecule has 3 heterocycles. The third-order valence-corrected chi connectivity index (χ3v) is 6.40. The predicted molar refractivity (Wildman–Crippen MR) is 135 cm³/mol. The first-order chi connectivity index (χ1) is 16.0. The van der Waals surface area contributed by atoms with Crippen molar-refractivity contribution in [1.29, 1.82) is 0 Å². The lowest BCUT2D eigenvalue weighted by molar-refractivity contribution is 0.313. The monoisotopic (exact) mass is 460 g/mol. The number of piperazine rings is 1. The summed E-state index contributed by atoms with van der Waals surface area (Å²) in [5.41, 5.74) is 3.75. The van der Waals surface area contributed by atoms with E-state index >= 15 is 0 Å². The fourth-order valence-electron chi connectivity index (χ4n) is 4.14. The van der Waals surface area contributed by atoms with Crippen LogP contribution in [0.25, 0.3) is 22.2 Å². The van der Waals surface area contributed by atoms with E-state index in [1.807, 2.05) is 41.9 Å². The number of likely N-dealkylation sites (N-methyl/N-ethyl adjacent to an activating group) is 1. The summed E-state index contributed by atoms with van der Waals surface area (Å²) in [7, 11) is 4.02. The van der Waals surface area contributed by atoms with Gasteiger partial charge >= 0.3 is 0 Å². The topological polar surface area (TPSA) is 66.3 Å². The number of pyridine rings is 1. The van der Waals surface area contributed by atoms with E-state index in [2.05, 4.69) is 44.3 Å². The molecule has 0 radical (unpaired) electrons. The lowest BCUT2D eigenvalue weighted by Gasteiger charge is -2.34. The molecule has 0 spiro atoms. The van der Waals surface area contributed by atoms with Crippen LogP contribution in [0.15, 0.2) is 65.7 Å². The second kappa shape index (κ2) is 8.84. The maximum absolute atomic E-state index is 13.1. The van der Waals surface area contributed by atoms with Crippen LogP contribution in [0.5, 0.6) is 0 Å². The van der Waals surface area contributed by atoms with E-state index in [9.17, 15) is 4.79 Å². The molecule has 1 aliphatic rings. The first-order valence-corrected chi connectivity index (χ1v) is 11.3. The summed E-state index contributed by atoms with van der Waals surface area (Å²) in [5.74, 6) is 0.440. The lowest BCUT2D eigenvalue weighted by atomic mass is 10.1. The molecule has 1 saturated heterocycles. The van der Waals surface area contributed by atoms with Crippen LogP contribution < -0.4 is 15.6 Å². The Balaban J connectivity index is 1.41. The summed E-state index contributed by atoms with van der Waals surface area (Å²) in [6, 6.07) is 15.6. The van der Waals surface area contributed by atoms with Gasteiger partial charge in [0, 0.05) is 73.1 Å². The Bertz CT molecular complexity index is 1360. The smallest absolute Gasteiger partial charge is 0.229 e. The molecule has 8 heteroatoms. The van der Waals surface area contributed by atoms with Crippen molar-refractivity contribution < 1.29 is 0 Å². The molecule has 0 amide bonds. The number of hydrogen-bond donors (Lipinski definition) is 1. The van der Waals surface area contributed by atoms with Gasteiger partial charge < -0.3 is 19.7 Å². The zero-order chi connectivity index (χ0) is 22.9. The Morgan fingerprint density at radius 2 is 1.67 bits per heavy atom. The first-order valence-electron chi connectivity index (χ1n) is 10.9. The van der Waals surface area contributed by atoms with Gasteiger partial charge in [0.1, 0.15) is 5.65 Å². The van der Waals surface area contributed by atoms with Crippen molar-refractivity contribution in [3.05, 3.63) is 76.2 Å². The van der Waals surface area contributed by atoms with Crippen LogP contribution in [0.1, 0.15) is 0 Å². The van der Waals surface area contributed by atoms with Gasteiger partial charge in [-0.1, -0.05) is 29.8 Å². The molecule has 0 atom stereocenters. The molecule has 2 aromatic carbocycles. The highest BCUT2D eigenvalue weighted by Gasteiger charge is 2.15. The normalized spacial score (nSPS) is 14.6. The van der Waals surface area contributed by atoms with Gasteiger partial charge in [-0.3, -0.25) is 4.79 Å². The van der Waals surface area contributed by atoms with Crippen molar-refractivity contribution in [2.45, 2.75) is 0 Å². The predicted octanol–water partition coefficient (Wildman–Crippen LogP) is 4.14. The Kier molecular flexibility index (Phi) is 5.74. The average molecular weight is 461 g/mol. The van der Waals surface area contributed by atoms with E-state index in [-0.39, 0.29) is 5.43 Å². The van der Waals surface area contributed by atoms with Crippen LogP contribution in [-0.2, 0) is 7.05 Å². The minimum absolute atomic E-state index is 0.140. The Hall–Kier alpha value is -3.42. The number of hydrogen-bond acceptors (Lipinski definition) is 6. The van der Waals surface area contributed by atoms with Gasteiger partial charge in [-0.2, -0.15) is 4.98 Å². The Labute approximate surface area is 197 Å². The quantitative estimate of drug-likeness (QED) is 0.493. The highest BCUT2D eigenvalue weighted by atomic mass is 35.5. The standard InChI is InChI=1S/C25H25ClN6O/c1-30-11-13-32(14-12-30)18-9-7-17(8-10-18)28-25-27-15-20-23(33)21(16-31(2)24(20)29-25)19-5-3-4-6-22(19)26/h3-10,15-16H,11-14H2,1-2H3,(H,27,28,29). The zero-order valence-corrected chi connectivity index (χ0v) is 19.4. The van der Waals surface area contributed by atoms with Crippen molar-refractivity contribution in [3.63, 3.8) is 0 Å². The summed E-state index contributed by atoms with van der Waals surface area (Å²) in [5, 5.41) is 4.24. The number of aryl methyl sites for hydroxylation is 1. The molecule has 1 aliphatic heterocycles. The SMILES string of the molecule is CN1CCN(c2ccc(Nc3ncc4c(=O)c(-c5ccccc5Cl)cn(C)c4n3)cc2)CC1. The van der Waals surface area contributed by atoms with E-state index in [0.29, 0.717) is 33.1 Å². The fourth-order valence-corrected chi connectivity index (χ4v) is 4.38. The molecule has 5 rings (SSSR count). The molecule has 4 aromatic rings. The fraction of sp³-hybridized carbons (Fsp3) is 0.240. The minimum atomic E-state index is -0.140. The summed E-state index contributed by atoms with van der Waals surface area (Å²) in [6.45, 7) is 4.20. The summed E-state index contributed by atoms with van der Waals surface area (Å²) < 4.78 is 1.83. The second-order valence-corrected chi connectivity index (χ2v) is 8.76. The van der Waals surface area contributed by atoms with Crippen molar-refractivity contribution in [3.8, 4) is 11.1 Å². The molecule has 0 aliphatic carbocycles. The highest BCUT2D eigenvalue weighted by molar-refractivity contribution is 6.33. The number of halogens is 1. The first kappa shape index (κ1) is 21.4. The lowest BCUT2D eigenvalue weighted by Crippen LogP contribution is -2.44. The summed E-state index contributed by atoms with van der Waals surface area (Å²) >= 11 is 6.32. The van der Waals surface area contributed by atoms with E-state index in [4.69, 9.17) is 11.6 Å². The Morgan fingerprint density at radius 3 is 2.39 bits per heavy atom. The average Bonchev–Trinajstić information content (AvgIpc) is 2.83. The third kappa shape index (κ3) is 4.29. The molecule has 33 heavy (non-hydrogen) atoms. The molecular weight excluding hydrogens is 436 g/mol. The van der Waals surface area contributed by atoms with Gasteiger partial charge in [0.2, 0.25) is 5.95 Å². The molecule has 1 N–H and O–H groups in total. The highest BCUT2D eigenvalue weighted by Crippen LogP contribution is 2.27. The molecule has 1 fully saturated rings. The largest absolute Gasteiger partial charge is 0.369 e. The number of aromatic nitrogens is 3.